The molecule has 9 heteroatoms. The molecule has 0 bridgehead atoms. The first-order valence-corrected chi connectivity index (χ1v) is 9.99. The number of ketones is 2. The van der Waals surface area contributed by atoms with Crippen LogP contribution in [0.25, 0.3) is 0 Å². The molecule has 0 N–H and O–H groups in total. The Morgan fingerprint density at radius 2 is 1.07 bits per heavy atom. The Hall–Kier alpha value is -1.18. The van der Waals surface area contributed by atoms with Gasteiger partial charge in [0.05, 0.1) is 26.1 Å². The highest BCUT2D eigenvalue weighted by Crippen LogP contribution is 2.14. The smallest absolute Gasteiger partial charge is 0.306 e. The number of carbonyl (C=O) groups is 4. The minimum absolute atomic E-state index is 0.125. The van der Waals surface area contributed by atoms with E-state index in [1.54, 1.807) is 0 Å². The number of rotatable bonds is 16. The van der Waals surface area contributed by atoms with E-state index in [1.165, 1.54) is 0 Å². The van der Waals surface area contributed by atoms with Crippen molar-refractivity contribution >= 4 is 46.7 Å². The summed E-state index contributed by atoms with van der Waals surface area (Å²) in [5.41, 5.74) is -2.92. The molecule has 0 radical (unpaired) electrons. The molecule has 0 heterocycles. The van der Waals surface area contributed by atoms with Gasteiger partial charge in [-0.25, -0.2) is 0 Å². The van der Waals surface area contributed by atoms with Gasteiger partial charge < -0.3 is 14.2 Å². The number of hydrogen-bond donors (Lipinski definition) is 0. The average molecular weight is 427 g/mol. The largest absolute Gasteiger partial charge is 0.466 e. The fourth-order valence-electron chi connectivity index (χ4n) is 1.74. The van der Waals surface area contributed by atoms with Gasteiger partial charge in [0, 0.05) is 12.8 Å². The minimum Gasteiger partial charge on any atom is -0.466 e. The average Bonchev–Trinajstić information content (AvgIpc) is 2.64. The number of halogens is 2. The van der Waals surface area contributed by atoms with Gasteiger partial charge in [-0.1, -0.05) is 49.9 Å². The molecular formula is C18H28Cl2O7. The van der Waals surface area contributed by atoms with E-state index in [0.717, 1.165) is 25.7 Å². The Balaban J connectivity index is 4.07. The topological polar surface area (TPSA) is 96.0 Å². The van der Waals surface area contributed by atoms with Crippen LogP contribution in [0, 0.1) is 0 Å². The summed E-state index contributed by atoms with van der Waals surface area (Å²) in [5, 5.41) is 0. The molecule has 0 saturated heterocycles. The van der Waals surface area contributed by atoms with Crippen LogP contribution in [-0.4, -0.2) is 47.8 Å². The molecule has 0 rings (SSSR count). The lowest BCUT2D eigenvalue weighted by molar-refractivity contribution is -0.146. The summed E-state index contributed by atoms with van der Waals surface area (Å²) >= 11 is 11.6. The molecule has 0 aliphatic heterocycles. The van der Waals surface area contributed by atoms with Crippen molar-refractivity contribution in [3.63, 3.8) is 0 Å². The summed E-state index contributed by atoms with van der Waals surface area (Å²) in [7, 11) is 0. The second kappa shape index (κ2) is 15.8. The lowest BCUT2D eigenvalue weighted by atomic mass is 10.2. The summed E-state index contributed by atoms with van der Waals surface area (Å²) in [6.45, 7) is 4.55. The molecule has 0 aliphatic rings. The predicted molar refractivity (Wildman–Crippen MR) is 101 cm³/mol. The third-order valence-electron chi connectivity index (χ3n) is 3.42. The molecule has 2 unspecified atom stereocenters. The number of unbranched alkanes of at least 4 members (excludes halogenated alkanes) is 2. The fourth-order valence-corrected chi connectivity index (χ4v) is 2.22. The zero-order chi connectivity index (χ0) is 20.7. The zero-order valence-corrected chi connectivity index (χ0v) is 17.4. The van der Waals surface area contributed by atoms with Crippen LogP contribution in [0.15, 0.2) is 0 Å². The van der Waals surface area contributed by atoms with Crippen LogP contribution in [-0.2, 0) is 33.4 Å². The normalized spacial score (nSPS) is 12.9. The van der Waals surface area contributed by atoms with Crippen LogP contribution in [0.3, 0.4) is 0 Å². The SMILES string of the molecule is CCCCOC(=O)CCC(=O)C(Cl)OC(Cl)C(=O)CCC(=O)OCCCC. The standard InChI is InChI=1S/C18H28Cl2O7/c1-3-5-11-25-15(23)9-7-13(21)17(19)27-18(20)14(22)8-10-16(24)26-12-6-4-2/h17-18H,3-12H2,1-2H3. The van der Waals surface area contributed by atoms with Crippen molar-refractivity contribution < 1.29 is 33.4 Å². The summed E-state index contributed by atoms with van der Waals surface area (Å²) in [6, 6.07) is 0. The van der Waals surface area contributed by atoms with Gasteiger partial charge in [0.15, 0.2) is 22.7 Å². The zero-order valence-electron chi connectivity index (χ0n) is 15.8. The molecule has 0 spiro atoms. The van der Waals surface area contributed by atoms with E-state index in [9.17, 15) is 19.2 Å². The van der Waals surface area contributed by atoms with Crippen molar-refractivity contribution in [2.75, 3.05) is 13.2 Å². The van der Waals surface area contributed by atoms with Crippen LogP contribution in [0.5, 0.6) is 0 Å². The van der Waals surface area contributed by atoms with Crippen LogP contribution in [0.1, 0.15) is 65.2 Å². The van der Waals surface area contributed by atoms with Gasteiger partial charge >= 0.3 is 11.9 Å². The Bertz CT molecular complexity index is 440. The third-order valence-corrected chi connectivity index (χ3v) is 4.11. The number of carbonyl (C=O) groups excluding carboxylic acids is 4. The van der Waals surface area contributed by atoms with Crippen molar-refractivity contribution in [3.8, 4) is 0 Å². The Morgan fingerprint density at radius 3 is 1.41 bits per heavy atom. The predicted octanol–water partition coefficient (Wildman–Crippen LogP) is 3.52. The van der Waals surface area contributed by atoms with Gasteiger partial charge in [-0.05, 0) is 12.8 Å². The van der Waals surface area contributed by atoms with E-state index in [2.05, 4.69) is 0 Å². The maximum absolute atomic E-state index is 11.8. The highest BCUT2D eigenvalue weighted by molar-refractivity contribution is 6.32. The molecule has 0 saturated carbocycles. The van der Waals surface area contributed by atoms with E-state index in [0.29, 0.717) is 13.2 Å². The Morgan fingerprint density at radius 1 is 0.704 bits per heavy atom. The number of Topliss-reactive ketones (excluding diaryl/α,β-unsaturated/α-hetero) is 2. The second-order valence-electron chi connectivity index (χ2n) is 5.85. The quantitative estimate of drug-likeness (QED) is 0.211. The van der Waals surface area contributed by atoms with E-state index < -0.39 is 34.6 Å². The molecule has 0 aromatic heterocycles. The molecule has 0 aromatic carbocycles. The summed E-state index contributed by atoms with van der Waals surface area (Å²) in [6.07, 6.45) is 2.68. The van der Waals surface area contributed by atoms with Gasteiger partial charge in [-0.3, -0.25) is 19.2 Å². The summed E-state index contributed by atoms with van der Waals surface area (Å²) in [5.74, 6) is -2.16. The van der Waals surface area contributed by atoms with E-state index in [-0.39, 0.29) is 25.7 Å². The lowest BCUT2D eigenvalue weighted by Gasteiger charge is -2.14. The van der Waals surface area contributed by atoms with Crippen molar-refractivity contribution in [2.45, 2.75) is 76.3 Å². The van der Waals surface area contributed by atoms with Gasteiger partial charge in [-0.15, -0.1) is 0 Å². The monoisotopic (exact) mass is 426 g/mol. The molecule has 2 atom stereocenters. The van der Waals surface area contributed by atoms with E-state index >= 15 is 0 Å². The molecule has 156 valence electrons. The van der Waals surface area contributed by atoms with Gasteiger partial charge in [0.1, 0.15) is 0 Å². The highest BCUT2D eigenvalue weighted by atomic mass is 35.5. The van der Waals surface area contributed by atoms with Crippen LogP contribution in [0.4, 0.5) is 0 Å². The third kappa shape index (κ3) is 13.6. The number of alkyl halides is 2. The van der Waals surface area contributed by atoms with Crippen molar-refractivity contribution in [3.05, 3.63) is 0 Å². The fraction of sp³-hybridized carbons (Fsp3) is 0.778. The van der Waals surface area contributed by atoms with E-state index in [4.69, 9.17) is 37.4 Å². The summed E-state index contributed by atoms with van der Waals surface area (Å²) in [4.78, 5) is 46.6. The molecule has 0 aromatic rings. The lowest BCUT2D eigenvalue weighted by Crippen LogP contribution is -2.28. The maximum atomic E-state index is 11.8. The van der Waals surface area contributed by atoms with Crippen LogP contribution in [0.2, 0.25) is 0 Å². The molecular weight excluding hydrogens is 399 g/mol. The second-order valence-corrected chi connectivity index (χ2v) is 6.64. The number of hydrogen-bond acceptors (Lipinski definition) is 7. The number of esters is 2. The molecule has 0 aliphatic carbocycles. The van der Waals surface area contributed by atoms with Crippen LogP contribution >= 0.6 is 23.2 Å². The van der Waals surface area contributed by atoms with Crippen LogP contribution < -0.4 is 0 Å². The van der Waals surface area contributed by atoms with E-state index in [1.807, 2.05) is 13.8 Å². The molecule has 0 amide bonds. The van der Waals surface area contributed by atoms with Crippen molar-refractivity contribution in [2.24, 2.45) is 0 Å². The highest BCUT2D eigenvalue weighted by Gasteiger charge is 2.25. The summed E-state index contributed by atoms with van der Waals surface area (Å²) < 4.78 is 14.8. The van der Waals surface area contributed by atoms with Gasteiger partial charge in [-0.2, -0.15) is 0 Å². The molecule has 27 heavy (non-hydrogen) atoms. The maximum Gasteiger partial charge on any atom is 0.306 e. The molecule has 7 nitrogen and oxygen atoms in total. The van der Waals surface area contributed by atoms with Crippen molar-refractivity contribution in [1.82, 2.24) is 0 Å². The van der Waals surface area contributed by atoms with Crippen molar-refractivity contribution in [1.29, 1.82) is 0 Å². The first-order chi connectivity index (χ1) is 12.8. The number of ether oxygens (including phenoxy) is 3. The first kappa shape index (κ1) is 25.8. The molecule has 0 fully saturated rings. The van der Waals surface area contributed by atoms with Gasteiger partial charge in [0.25, 0.3) is 0 Å². The Labute approximate surface area is 170 Å². The first-order valence-electron chi connectivity index (χ1n) is 9.12. The minimum atomic E-state index is -1.46. The Kier molecular flexibility index (Phi) is 15.1. The van der Waals surface area contributed by atoms with Gasteiger partial charge in [0.2, 0.25) is 0 Å².